The Bertz CT molecular complexity index is 344. The van der Waals surface area contributed by atoms with Gasteiger partial charge in [-0.05, 0) is 28.4 Å². The van der Waals surface area contributed by atoms with E-state index >= 15 is 0 Å². The van der Waals surface area contributed by atoms with E-state index in [1.807, 2.05) is 6.07 Å². The smallest absolute Gasteiger partial charge is 0.178 e. The maximum absolute atomic E-state index is 8.89. The van der Waals surface area contributed by atoms with Gasteiger partial charge in [-0.25, -0.2) is 0 Å². The molecule has 0 saturated carbocycles. The normalized spacial score (nSPS) is 12.4. The van der Waals surface area contributed by atoms with Gasteiger partial charge in [-0.2, -0.15) is 5.26 Å². The Labute approximate surface area is 105 Å². The van der Waals surface area contributed by atoms with E-state index in [4.69, 9.17) is 26.7 Å². The third-order valence-corrected chi connectivity index (χ3v) is 4.14. The zero-order chi connectivity index (χ0) is 11.3. The van der Waals surface area contributed by atoms with E-state index in [0.29, 0.717) is 17.4 Å². The summed E-state index contributed by atoms with van der Waals surface area (Å²) in [5.74, 6) is 0. The van der Waals surface area contributed by atoms with Gasteiger partial charge in [-0.1, -0.05) is 11.6 Å². The van der Waals surface area contributed by atoms with Crippen molar-refractivity contribution in [2.24, 2.45) is 0 Å². The summed E-state index contributed by atoms with van der Waals surface area (Å²) in [7, 11) is 0. The van der Waals surface area contributed by atoms with Crippen molar-refractivity contribution in [3.8, 4) is 6.07 Å². The molecule has 0 aromatic carbocycles. The predicted octanol–water partition coefficient (Wildman–Crippen LogP) is 3.13. The number of hydrogen-bond acceptors (Lipinski definition) is 4. The van der Waals surface area contributed by atoms with Crippen LogP contribution < -0.4 is 0 Å². The molecule has 0 bridgehead atoms. The van der Waals surface area contributed by atoms with Gasteiger partial charge < -0.3 is 9.84 Å². The second-order valence-electron chi connectivity index (χ2n) is 2.73. The molecule has 1 atom stereocenters. The molecule has 15 heavy (non-hydrogen) atoms. The van der Waals surface area contributed by atoms with Crippen LogP contribution in [0.1, 0.15) is 17.4 Å². The summed E-state index contributed by atoms with van der Waals surface area (Å²) < 4.78 is 6.68. The molecule has 6 heteroatoms. The van der Waals surface area contributed by atoms with Crippen molar-refractivity contribution in [2.45, 2.75) is 12.5 Å². The minimum absolute atomic E-state index is 0.0625. The lowest BCUT2D eigenvalue weighted by Crippen LogP contribution is -2.03. The van der Waals surface area contributed by atoms with Crippen LogP contribution in [0.25, 0.3) is 0 Å². The van der Waals surface area contributed by atoms with Crippen LogP contribution in [0.4, 0.5) is 0 Å². The number of hydrogen-bond donors (Lipinski definition) is 1. The third kappa shape index (κ3) is 3.74. The molecule has 1 heterocycles. The molecule has 1 N–H and O–H groups in total. The van der Waals surface area contributed by atoms with Gasteiger partial charge in [-0.15, -0.1) is 11.3 Å². The fourth-order valence-corrected chi connectivity index (χ4v) is 2.67. The van der Waals surface area contributed by atoms with Gasteiger partial charge in [0.1, 0.15) is 10.4 Å². The van der Waals surface area contributed by atoms with Crippen molar-refractivity contribution < 1.29 is 9.84 Å². The quantitative estimate of drug-likeness (QED) is 0.850. The maximum atomic E-state index is 8.89. The molecule has 1 aromatic heterocycles. The first-order chi connectivity index (χ1) is 7.19. The standard InChI is InChI=1S/C9H9BrClNO2S/c10-6-4-8(15-9(6)11)7(5-12)14-3-1-2-13/h4,7,13H,1-3H2. The van der Waals surface area contributed by atoms with Gasteiger partial charge >= 0.3 is 0 Å². The Morgan fingerprint density at radius 1 is 1.73 bits per heavy atom. The van der Waals surface area contributed by atoms with Crippen LogP contribution in [-0.2, 0) is 4.74 Å². The van der Waals surface area contributed by atoms with E-state index in [9.17, 15) is 0 Å². The summed E-state index contributed by atoms with van der Waals surface area (Å²) >= 11 is 10.4. The maximum Gasteiger partial charge on any atom is 0.178 e. The Balaban J connectivity index is 2.63. The Hall–Kier alpha value is -0.120. The van der Waals surface area contributed by atoms with Crippen LogP contribution >= 0.6 is 38.9 Å². The number of aliphatic hydroxyl groups excluding tert-OH is 1. The highest BCUT2D eigenvalue weighted by Gasteiger charge is 2.15. The Morgan fingerprint density at radius 2 is 2.47 bits per heavy atom. The van der Waals surface area contributed by atoms with Crippen molar-refractivity contribution in [2.75, 3.05) is 13.2 Å². The summed E-state index contributed by atoms with van der Waals surface area (Å²) in [5, 5.41) is 17.5. The van der Waals surface area contributed by atoms with Crippen molar-refractivity contribution in [3.05, 3.63) is 19.8 Å². The van der Waals surface area contributed by atoms with Crippen LogP contribution in [0.3, 0.4) is 0 Å². The number of nitriles is 1. The highest BCUT2D eigenvalue weighted by Crippen LogP contribution is 2.36. The number of nitrogens with zero attached hydrogens (tertiary/aromatic N) is 1. The van der Waals surface area contributed by atoms with E-state index in [-0.39, 0.29) is 6.61 Å². The molecule has 0 radical (unpaired) electrons. The third-order valence-electron chi connectivity index (χ3n) is 1.63. The average Bonchev–Trinajstić information content (AvgIpc) is 2.54. The minimum Gasteiger partial charge on any atom is -0.396 e. The number of rotatable bonds is 5. The van der Waals surface area contributed by atoms with Crippen LogP contribution in [0.2, 0.25) is 4.34 Å². The van der Waals surface area contributed by atoms with Gasteiger partial charge in [0.25, 0.3) is 0 Å². The first-order valence-electron chi connectivity index (χ1n) is 4.26. The molecule has 0 aliphatic heterocycles. The van der Waals surface area contributed by atoms with E-state index in [2.05, 4.69) is 15.9 Å². The lowest BCUT2D eigenvalue weighted by Gasteiger charge is -2.07. The van der Waals surface area contributed by atoms with Crippen molar-refractivity contribution >= 4 is 38.9 Å². The van der Waals surface area contributed by atoms with E-state index in [1.165, 1.54) is 11.3 Å². The first kappa shape index (κ1) is 12.9. The van der Waals surface area contributed by atoms with Gasteiger partial charge in [-0.3, -0.25) is 0 Å². The predicted molar refractivity (Wildman–Crippen MR) is 63.0 cm³/mol. The average molecular weight is 311 g/mol. The molecule has 0 aliphatic carbocycles. The fraction of sp³-hybridized carbons (Fsp3) is 0.444. The van der Waals surface area contributed by atoms with Crippen LogP contribution in [-0.4, -0.2) is 18.3 Å². The van der Waals surface area contributed by atoms with Crippen LogP contribution in [0, 0.1) is 11.3 Å². The molecular formula is C9H9BrClNO2S. The van der Waals surface area contributed by atoms with Crippen molar-refractivity contribution in [1.82, 2.24) is 0 Å². The SMILES string of the molecule is N#CC(OCCCO)c1cc(Br)c(Cl)s1. The highest BCUT2D eigenvalue weighted by atomic mass is 79.9. The second-order valence-corrected chi connectivity index (χ2v) is 5.27. The number of thiophene rings is 1. The number of ether oxygens (including phenoxy) is 1. The zero-order valence-corrected chi connectivity index (χ0v) is 10.9. The van der Waals surface area contributed by atoms with Crippen LogP contribution in [0.5, 0.6) is 0 Å². The molecule has 0 aliphatic rings. The molecule has 0 saturated heterocycles. The largest absolute Gasteiger partial charge is 0.396 e. The molecule has 1 rings (SSSR count). The van der Waals surface area contributed by atoms with Crippen molar-refractivity contribution in [3.63, 3.8) is 0 Å². The molecule has 1 aromatic rings. The molecule has 0 fully saturated rings. The summed E-state index contributed by atoms with van der Waals surface area (Å²) in [6.45, 7) is 0.426. The second kappa shape index (κ2) is 6.46. The molecule has 82 valence electrons. The molecule has 3 nitrogen and oxygen atoms in total. The molecule has 1 unspecified atom stereocenters. The topological polar surface area (TPSA) is 53.2 Å². The van der Waals surface area contributed by atoms with E-state index in [0.717, 1.165) is 9.35 Å². The van der Waals surface area contributed by atoms with Crippen LogP contribution in [0.15, 0.2) is 10.5 Å². The van der Waals surface area contributed by atoms with Gasteiger partial charge in [0.2, 0.25) is 0 Å². The van der Waals surface area contributed by atoms with Gasteiger partial charge in [0.15, 0.2) is 6.10 Å². The molecule has 0 spiro atoms. The minimum atomic E-state index is -0.606. The fourth-order valence-electron chi connectivity index (χ4n) is 0.941. The van der Waals surface area contributed by atoms with Gasteiger partial charge in [0.05, 0.1) is 11.5 Å². The monoisotopic (exact) mass is 309 g/mol. The lowest BCUT2D eigenvalue weighted by molar-refractivity contribution is 0.0794. The summed E-state index contributed by atoms with van der Waals surface area (Å²) in [4.78, 5) is 0.771. The highest BCUT2D eigenvalue weighted by molar-refractivity contribution is 9.10. The number of halogens is 2. The Kier molecular flexibility index (Phi) is 5.58. The lowest BCUT2D eigenvalue weighted by atomic mass is 10.3. The van der Waals surface area contributed by atoms with E-state index in [1.54, 1.807) is 6.07 Å². The zero-order valence-electron chi connectivity index (χ0n) is 7.74. The number of aliphatic hydroxyl groups is 1. The van der Waals surface area contributed by atoms with Gasteiger partial charge in [0, 0.05) is 11.1 Å². The summed E-state index contributed by atoms with van der Waals surface area (Å²) in [5.41, 5.74) is 0. The Morgan fingerprint density at radius 3 is 2.93 bits per heavy atom. The summed E-state index contributed by atoms with van der Waals surface area (Å²) in [6.07, 6.45) is -0.0799. The summed E-state index contributed by atoms with van der Waals surface area (Å²) in [6, 6.07) is 3.82. The van der Waals surface area contributed by atoms with E-state index < -0.39 is 6.10 Å². The first-order valence-corrected chi connectivity index (χ1v) is 6.24. The van der Waals surface area contributed by atoms with Crippen molar-refractivity contribution in [1.29, 1.82) is 5.26 Å². The molecule has 0 amide bonds. The molecular weight excluding hydrogens is 302 g/mol.